The molecule has 0 spiro atoms. The average molecular weight is 402 g/mol. The molecule has 3 aromatic rings. The molecule has 1 atom stereocenters. The largest absolute Gasteiger partial charge is 0.432 e. The number of rotatable bonds is 4. The van der Waals surface area contributed by atoms with Gasteiger partial charge in [-0.3, -0.25) is 4.90 Å². The van der Waals surface area contributed by atoms with E-state index in [0.29, 0.717) is 36.3 Å². The van der Waals surface area contributed by atoms with Gasteiger partial charge in [-0.15, -0.1) is 10.2 Å². The van der Waals surface area contributed by atoms with E-state index in [-0.39, 0.29) is 5.92 Å². The van der Waals surface area contributed by atoms with Crippen LogP contribution in [0.1, 0.15) is 41.7 Å². The minimum Gasteiger partial charge on any atom is -0.419 e. The molecule has 2 aromatic heterocycles. The van der Waals surface area contributed by atoms with Crippen LogP contribution in [-0.4, -0.2) is 38.2 Å². The van der Waals surface area contributed by atoms with Crippen molar-refractivity contribution >= 4 is 0 Å². The van der Waals surface area contributed by atoms with Gasteiger partial charge in [-0.05, 0) is 43.7 Å². The summed E-state index contributed by atoms with van der Waals surface area (Å²) < 4.78 is 44.1. The fourth-order valence-electron chi connectivity index (χ4n) is 3.42. The molecule has 0 radical (unpaired) electrons. The van der Waals surface area contributed by atoms with E-state index in [9.17, 15) is 13.2 Å². The molecule has 4 rings (SSSR count). The summed E-state index contributed by atoms with van der Waals surface area (Å²) in [5.41, 5.74) is 0.433. The van der Waals surface area contributed by atoms with E-state index >= 15 is 0 Å². The zero-order valence-corrected chi connectivity index (χ0v) is 15.3. The topological polar surface area (TPSA) is 94.6 Å². The van der Waals surface area contributed by atoms with E-state index in [1.54, 1.807) is 24.3 Å². The van der Waals surface area contributed by atoms with Gasteiger partial charge in [0.25, 0.3) is 0 Å². The Morgan fingerprint density at radius 1 is 1.24 bits per heavy atom. The normalized spacial score (nSPS) is 17.9. The molecule has 1 fully saturated rings. The summed E-state index contributed by atoms with van der Waals surface area (Å²) in [4.78, 5) is 8.40. The molecule has 1 N–H and O–H groups in total. The average Bonchev–Trinajstić information content (AvgIpc) is 3.38. The van der Waals surface area contributed by atoms with E-state index < -0.39 is 11.9 Å². The summed E-state index contributed by atoms with van der Waals surface area (Å²) >= 11 is 0. The van der Waals surface area contributed by atoms with E-state index in [1.165, 1.54) is 0 Å². The molecule has 1 aliphatic heterocycles. The van der Waals surface area contributed by atoms with Crippen LogP contribution in [-0.2, 0) is 12.7 Å². The Hall–Kier alpha value is -3.19. The lowest BCUT2D eigenvalue weighted by Crippen LogP contribution is -2.34. The van der Waals surface area contributed by atoms with E-state index in [1.807, 2.05) is 6.07 Å². The Labute approximate surface area is 164 Å². The van der Waals surface area contributed by atoms with Crippen LogP contribution < -0.4 is 0 Å². The van der Waals surface area contributed by atoms with Gasteiger partial charge < -0.3 is 9.40 Å². The fraction of sp³-hybridized carbons (Fsp3) is 0.368. The predicted molar refractivity (Wildman–Crippen MR) is 95.3 cm³/mol. The first-order valence-electron chi connectivity index (χ1n) is 9.10. The highest BCUT2D eigenvalue weighted by molar-refractivity contribution is 5.54. The number of alkyl halides is 3. The quantitative estimate of drug-likeness (QED) is 0.715. The number of imidazole rings is 1. The lowest BCUT2D eigenvalue weighted by Gasteiger charge is -2.30. The Morgan fingerprint density at radius 3 is 2.72 bits per heavy atom. The van der Waals surface area contributed by atoms with Crippen molar-refractivity contribution in [3.05, 3.63) is 53.4 Å². The van der Waals surface area contributed by atoms with Crippen LogP contribution in [0.2, 0.25) is 0 Å². The molecular formula is C19H17F3N6O. The zero-order chi connectivity index (χ0) is 20.4. The van der Waals surface area contributed by atoms with Crippen molar-refractivity contribution in [3.8, 4) is 17.5 Å². The first-order chi connectivity index (χ1) is 13.9. The number of piperidine rings is 1. The maximum Gasteiger partial charge on any atom is 0.432 e. The number of likely N-dealkylation sites (tertiary alicyclic amines) is 1. The number of nitrogens with zero attached hydrogens (tertiary/aromatic N) is 5. The molecule has 10 heteroatoms. The number of hydrogen-bond acceptors (Lipinski definition) is 6. The third-order valence-corrected chi connectivity index (χ3v) is 4.88. The Morgan fingerprint density at radius 2 is 2.03 bits per heavy atom. The molecule has 7 nitrogen and oxygen atoms in total. The van der Waals surface area contributed by atoms with Crippen molar-refractivity contribution in [2.45, 2.75) is 31.5 Å². The van der Waals surface area contributed by atoms with Crippen molar-refractivity contribution in [1.82, 2.24) is 25.1 Å². The summed E-state index contributed by atoms with van der Waals surface area (Å²) in [5.74, 6) is 1.03. The lowest BCUT2D eigenvalue weighted by atomic mass is 9.97. The SMILES string of the molecule is N#Cc1ccc(-c2nnc(CN3CCCC(c4ncc(C(F)(F)F)[nH]4)C3)o2)cc1. The van der Waals surface area contributed by atoms with Crippen LogP contribution in [0.25, 0.3) is 11.5 Å². The van der Waals surface area contributed by atoms with Crippen molar-refractivity contribution in [2.75, 3.05) is 13.1 Å². The molecule has 1 unspecified atom stereocenters. The van der Waals surface area contributed by atoms with Crippen molar-refractivity contribution in [2.24, 2.45) is 0 Å². The van der Waals surface area contributed by atoms with Crippen LogP contribution in [0.4, 0.5) is 13.2 Å². The standard InChI is InChI=1S/C19H17F3N6O/c20-19(21,22)15-9-24-17(25-15)14-2-1-7-28(10-14)11-16-26-27-18(29-16)13-5-3-12(8-23)4-6-13/h3-6,9,14H,1-2,7,10-11H2,(H,24,25). The summed E-state index contributed by atoms with van der Waals surface area (Å²) in [6, 6.07) is 8.87. The van der Waals surface area contributed by atoms with Crippen LogP contribution in [0.15, 0.2) is 34.9 Å². The Bertz CT molecular complexity index is 1020. The summed E-state index contributed by atoms with van der Waals surface area (Å²) in [5, 5.41) is 17.0. The summed E-state index contributed by atoms with van der Waals surface area (Å²) in [6.45, 7) is 1.75. The Kier molecular flexibility index (Phi) is 5.07. The molecule has 0 bridgehead atoms. The van der Waals surface area contributed by atoms with Crippen LogP contribution in [0.5, 0.6) is 0 Å². The summed E-state index contributed by atoms with van der Waals surface area (Å²) in [7, 11) is 0. The third-order valence-electron chi connectivity index (χ3n) is 4.88. The van der Waals surface area contributed by atoms with Gasteiger partial charge in [-0.1, -0.05) is 0 Å². The van der Waals surface area contributed by atoms with Crippen molar-refractivity contribution < 1.29 is 17.6 Å². The number of hydrogen-bond donors (Lipinski definition) is 1. The highest BCUT2D eigenvalue weighted by Gasteiger charge is 2.34. The number of benzene rings is 1. The van der Waals surface area contributed by atoms with E-state index in [2.05, 4.69) is 25.1 Å². The maximum absolute atomic E-state index is 12.8. The van der Waals surface area contributed by atoms with E-state index in [0.717, 1.165) is 31.1 Å². The first-order valence-corrected chi connectivity index (χ1v) is 9.10. The highest BCUT2D eigenvalue weighted by atomic mass is 19.4. The second-order valence-electron chi connectivity index (χ2n) is 6.94. The van der Waals surface area contributed by atoms with Gasteiger partial charge >= 0.3 is 6.18 Å². The van der Waals surface area contributed by atoms with Crippen molar-refractivity contribution in [1.29, 1.82) is 5.26 Å². The second-order valence-corrected chi connectivity index (χ2v) is 6.94. The minimum atomic E-state index is -4.43. The van der Waals surface area contributed by atoms with Crippen LogP contribution in [0.3, 0.4) is 0 Å². The number of nitriles is 1. The maximum atomic E-state index is 12.8. The summed E-state index contributed by atoms with van der Waals surface area (Å²) in [6.07, 6.45) is -1.98. The number of aromatic amines is 1. The highest BCUT2D eigenvalue weighted by Crippen LogP contribution is 2.31. The molecule has 0 saturated carbocycles. The van der Waals surface area contributed by atoms with Gasteiger partial charge in [0.1, 0.15) is 11.5 Å². The second kappa shape index (κ2) is 7.67. The smallest absolute Gasteiger partial charge is 0.419 e. The number of H-pyrrole nitrogens is 1. The molecule has 1 aliphatic rings. The lowest BCUT2D eigenvalue weighted by molar-refractivity contribution is -0.141. The zero-order valence-electron chi connectivity index (χ0n) is 15.3. The number of halogens is 3. The first kappa shape index (κ1) is 19.1. The van der Waals surface area contributed by atoms with Gasteiger partial charge in [0, 0.05) is 18.0 Å². The van der Waals surface area contributed by atoms with Gasteiger partial charge in [0.05, 0.1) is 24.4 Å². The minimum absolute atomic E-state index is 0.110. The van der Waals surface area contributed by atoms with E-state index in [4.69, 9.17) is 9.68 Å². The molecule has 150 valence electrons. The van der Waals surface area contributed by atoms with Gasteiger partial charge in [-0.2, -0.15) is 18.4 Å². The van der Waals surface area contributed by atoms with Crippen molar-refractivity contribution in [3.63, 3.8) is 0 Å². The van der Waals surface area contributed by atoms with Crippen LogP contribution >= 0.6 is 0 Å². The molecule has 1 aromatic carbocycles. The molecular weight excluding hydrogens is 385 g/mol. The Balaban J connectivity index is 1.41. The molecule has 29 heavy (non-hydrogen) atoms. The molecule has 1 saturated heterocycles. The predicted octanol–water partition coefficient (Wildman–Crippen LogP) is 3.73. The molecule has 0 amide bonds. The molecule has 0 aliphatic carbocycles. The van der Waals surface area contributed by atoms with Gasteiger partial charge in [0.15, 0.2) is 0 Å². The fourth-order valence-corrected chi connectivity index (χ4v) is 3.42. The van der Waals surface area contributed by atoms with Gasteiger partial charge in [-0.25, -0.2) is 4.98 Å². The van der Waals surface area contributed by atoms with Gasteiger partial charge in [0.2, 0.25) is 11.8 Å². The number of nitrogens with one attached hydrogen (secondary N) is 1. The molecule has 3 heterocycles. The number of aromatic nitrogens is 4. The third kappa shape index (κ3) is 4.30. The van der Waals surface area contributed by atoms with Crippen LogP contribution in [0, 0.1) is 11.3 Å². The monoisotopic (exact) mass is 402 g/mol.